The quantitative estimate of drug-likeness (QED) is 0.885. The molecule has 1 unspecified atom stereocenters. The average Bonchev–Trinajstić information content (AvgIpc) is 2.78. The molecule has 0 saturated heterocycles. The minimum atomic E-state index is -0.720. The number of carbonyl (C=O) groups excluding carboxylic acids is 1. The number of hydrazone groups is 1. The third-order valence-electron chi connectivity index (χ3n) is 3.51. The maximum Gasteiger partial charge on any atom is 0.294 e. The van der Waals surface area contributed by atoms with Crippen molar-refractivity contribution < 1.29 is 9.53 Å². The molecule has 2 N–H and O–H groups in total. The topological polar surface area (TPSA) is 67.9 Å². The monoisotopic (exact) mass is 295 g/mol. The number of aryl methyl sites for hydroxylation is 1. The molecule has 0 saturated carbocycles. The number of ether oxygens (including phenoxy) is 1. The third kappa shape index (κ3) is 2.53. The Hall–Kier alpha value is -2.82. The number of hydrogen-bond donors (Lipinski definition) is 1. The molecule has 1 heterocycles. The van der Waals surface area contributed by atoms with Gasteiger partial charge in [-0.15, -0.1) is 0 Å². The van der Waals surface area contributed by atoms with Crippen molar-refractivity contribution in [3.63, 3.8) is 0 Å². The van der Waals surface area contributed by atoms with Crippen molar-refractivity contribution in [2.75, 3.05) is 10.7 Å². The first kappa shape index (κ1) is 14.1. The van der Waals surface area contributed by atoms with Gasteiger partial charge in [0.1, 0.15) is 5.75 Å². The van der Waals surface area contributed by atoms with Crippen LogP contribution in [0.25, 0.3) is 0 Å². The van der Waals surface area contributed by atoms with E-state index < -0.39 is 6.10 Å². The molecule has 22 heavy (non-hydrogen) atoms. The van der Waals surface area contributed by atoms with Gasteiger partial charge in [0.15, 0.2) is 0 Å². The average molecular weight is 295 g/mol. The van der Waals surface area contributed by atoms with Crippen LogP contribution in [0.1, 0.15) is 12.5 Å². The lowest BCUT2D eigenvalue weighted by atomic mass is 10.2. The molecule has 0 fully saturated rings. The molecule has 0 radical (unpaired) electrons. The number of amides is 1. The highest BCUT2D eigenvalue weighted by Gasteiger charge is 2.36. The molecule has 0 aliphatic carbocycles. The van der Waals surface area contributed by atoms with Crippen LogP contribution < -0.4 is 15.5 Å². The number of benzene rings is 2. The van der Waals surface area contributed by atoms with Crippen molar-refractivity contribution in [3.05, 3.63) is 54.1 Å². The van der Waals surface area contributed by atoms with Crippen molar-refractivity contribution in [1.82, 2.24) is 0 Å². The van der Waals surface area contributed by atoms with E-state index in [-0.39, 0.29) is 5.91 Å². The SMILES string of the molecule is CC1=NN(c2ccccc2N)C(=O)C1Oc1ccc(C)cc1. The van der Waals surface area contributed by atoms with Gasteiger partial charge in [-0.05, 0) is 38.1 Å². The molecule has 0 aromatic heterocycles. The van der Waals surface area contributed by atoms with Gasteiger partial charge in [0.2, 0.25) is 6.10 Å². The molecule has 3 rings (SSSR count). The van der Waals surface area contributed by atoms with E-state index in [2.05, 4.69) is 5.10 Å². The molecular formula is C17H17N3O2. The fourth-order valence-electron chi connectivity index (χ4n) is 2.29. The Kier molecular flexibility index (Phi) is 3.55. The highest BCUT2D eigenvalue weighted by Crippen LogP contribution is 2.28. The molecule has 0 bridgehead atoms. The zero-order chi connectivity index (χ0) is 15.7. The van der Waals surface area contributed by atoms with Crippen LogP contribution in [-0.4, -0.2) is 17.7 Å². The van der Waals surface area contributed by atoms with Crippen LogP contribution in [0.3, 0.4) is 0 Å². The van der Waals surface area contributed by atoms with Crippen LogP contribution in [0.2, 0.25) is 0 Å². The first-order valence-electron chi connectivity index (χ1n) is 7.03. The summed E-state index contributed by atoms with van der Waals surface area (Å²) in [4.78, 5) is 12.6. The minimum absolute atomic E-state index is 0.240. The summed E-state index contributed by atoms with van der Waals surface area (Å²) in [6.45, 7) is 3.77. The number of anilines is 2. The second-order valence-electron chi connectivity index (χ2n) is 5.26. The van der Waals surface area contributed by atoms with Gasteiger partial charge in [-0.3, -0.25) is 4.79 Å². The highest BCUT2D eigenvalue weighted by molar-refractivity contribution is 6.18. The lowest BCUT2D eigenvalue weighted by Gasteiger charge is -2.17. The van der Waals surface area contributed by atoms with Gasteiger partial charge in [0.05, 0.1) is 17.1 Å². The standard InChI is InChI=1S/C17H17N3O2/c1-11-7-9-13(10-8-11)22-16-12(2)19-20(17(16)21)15-6-4-3-5-14(15)18/h3-10,16H,18H2,1-2H3. The van der Waals surface area contributed by atoms with E-state index in [1.807, 2.05) is 43.3 Å². The zero-order valence-corrected chi connectivity index (χ0v) is 12.5. The summed E-state index contributed by atoms with van der Waals surface area (Å²) in [6.07, 6.45) is -0.720. The van der Waals surface area contributed by atoms with Gasteiger partial charge in [-0.2, -0.15) is 10.1 Å². The summed E-state index contributed by atoms with van der Waals surface area (Å²) in [6, 6.07) is 14.7. The summed E-state index contributed by atoms with van der Waals surface area (Å²) >= 11 is 0. The molecule has 5 nitrogen and oxygen atoms in total. The van der Waals surface area contributed by atoms with Crippen molar-refractivity contribution in [2.45, 2.75) is 20.0 Å². The fraction of sp³-hybridized carbons (Fsp3) is 0.176. The predicted molar refractivity (Wildman–Crippen MR) is 87.0 cm³/mol. The van der Waals surface area contributed by atoms with Crippen LogP contribution in [0, 0.1) is 6.92 Å². The third-order valence-corrected chi connectivity index (χ3v) is 3.51. The molecule has 112 valence electrons. The normalized spacial score (nSPS) is 17.5. The molecule has 2 aromatic carbocycles. The maximum atomic E-state index is 12.6. The summed E-state index contributed by atoms with van der Waals surface area (Å²) in [5, 5.41) is 5.60. The van der Waals surface area contributed by atoms with E-state index in [1.165, 1.54) is 5.01 Å². The van der Waals surface area contributed by atoms with Crippen LogP contribution in [0.4, 0.5) is 11.4 Å². The lowest BCUT2D eigenvalue weighted by Crippen LogP contribution is -2.36. The molecule has 1 atom stereocenters. The number of carbonyl (C=O) groups is 1. The number of nitrogen functional groups attached to an aromatic ring is 1. The van der Waals surface area contributed by atoms with Gasteiger partial charge >= 0.3 is 0 Å². The van der Waals surface area contributed by atoms with Crippen molar-refractivity contribution in [2.24, 2.45) is 5.10 Å². The molecule has 1 aliphatic rings. The minimum Gasteiger partial charge on any atom is -0.474 e. The van der Waals surface area contributed by atoms with E-state index in [4.69, 9.17) is 10.5 Å². The Bertz CT molecular complexity index is 738. The Morgan fingerprint density at radius 3 is 2.45 bits per heavy atom. The van der Waals surface area contributed by atoms with E-state index in [0.717, 1.165) is 5.56 Å². The molecule has 0 spiro atoms. The van der Waals surface area contributed by atoms with E-state index in [9.17, 15) is 4.79 Å². The zero-order valence-electron chi connectivity index (χ0n) is 12.5. The Morgan fingerprint density at radius 1 is 1.09 bits per heavy atom. The number of nitrogens with two attached hydrogens (primary N) is 1. The molecule has 1 aliphatic heterocycles. The first-order valence-corrected chi connectivity index (χ1v) is 7.03. The lowest BCUT2D eigenvalue weighted by molar-refractivity contribution is -0.121. The predicted octanol–water partition coefficient (Wildman–Crippen LogP) is 2.75. The number of rotatable bonds is 3. The number of nitrogens with zero attached hydrogens (tertiary/aromatic N) is 2. The highest BCUT2D eigenvalue weighted by atomic mass is 16.5. The molecular weight excluding hydrogens is 278 g/mol. The molecule has 2 aromatic rings. The van der Waals surface area contributed by atoms with Gasteiger partial charge in [-0.1, -0.05) is 29.8 Å². The summed E-state index contributed by atoms with van der Waals surface area (Å²) in [5.74, 6) is 0.400. The van der Waals surface area contributed by atoms with Crippen LogP contribution in [0.15, 0.2) is 53.6 Å². The van der Waals surface area contributed by atoms with Crippen LogP contribution >= 0.6 is 0 Å². The van der Waals surface area contributed by atoms with Crippen LogP contribution in [-0.2, 0) is 4.79 Å². The maximum absolute atomic E-state index is 12.6. The summed E-state index contributed by atoms with van der Waals surface area (Å²) in [5.41, 5.74) is 8.73. The van der Waals surface area contributed by atoms with Gasteiger partial charge < -0.3 is 10.5 Å². The van der Waals surface area contributed by atoms with Crippen molar-refractivity contribution >= 4 is 23.0 Å². The Balaban J connectivity index is 1.84. The fourth-order valence-corrected chi connectivity index (χ4v) is 2.29. The van der Waals surface area contributed by atoms with Crippen molar-refractivity contribution in [3.8, 4) is 5.75 Å². The largest absolute Gasteiger partial charge is 0.474 e. The number of hydrogen-bond acceptors (Lipinski definition) is 4. The second kappa shape index (κ2) is 5.52. The second-order valence-corrected chi connectivity index (χ2v) is 5.26. The van der Waals surface area contributed by atoms with Gasteiger partial charge in [0.25, 0.3) is 5.91 Å². The Labute approximate surface area is 129 Å². The first-order chi connectivity index (χ1) is 10.6. The number of para-hydroxylation sites is 2. The van der Waals surface area contributed by atoms with Gasteiger partial charge in [0, 0.05) is 0 Å². The van der Waals surface area contributed by atoms with E-state index in [1.54, 1.807) is 19.1 Å². The van der Waals surface area contributed by atoms with Gasteiger partial charge in [-0.25, -0.2) is 0 Å². The van der Waals surface area contributed by atoms with E-state index >= 15 is 0 Å². The van der Waals surface area contributed by atoms with E-state index in [0.29, 0.717) is 22.8 Å². The smallest absolute Gasteiger partial charge is 0.294 e. The molecule has 1 amide bonds. The molecule has 5 heteroatoms. The summed E-state index contributed by atoms with van der Waals surface area (Å²) in [7, 11) is 0. The Morgan fingerprint density at radius 2 is 1.77 bits per heavy atom. The van der Waals surface area contributed by atoms with Crippen LogP contribution in [0.5, 0.6) is 5.75 Å². The van der Waals surface area contributed by atoms with Crippen molar-refractivity contribution in [1.29, 1.82) is 0 Å². The summed E-state index contributed by atoms with van der Waals surface area (Å²) < 4.78 is 5.78.